The average molecular weight is 681 g/mol. The molecule has 0 saturated heterocycles. The summed E-state index contributed by atoms with van der Waals surface area (Å²) in [4.78, 5) is 34.8. The second-order valence-electron chi connectivity index (χ2n) is 12.6. The Bertz CT molecular complexity index is 1540. The van der Waals surface area contributed by atoms with Crippen molar-refractivity contribution in [3.05, 3.63) is 100 Å². The largest absolute Gasteiger partial charge is 0.497 e. The highest BCUT2D eigenvalue weighted by atomic mass is 19.1. The summed E-state index contributed by atoms with van der Waals surface area (Å²) in [7, 11) is 1.58. The molecule has 3 N–H and O–H groups in total. The van der Waals surface area contributed by atoms with Gasteiger partial charge in [-0.3, -0.25) is 9.59 Å². The first-order valence-corrected chi connectivity index (χ1v) is 16.8. The number of halogens is 2. The predicted molar refractivity (Wildman–Crippen MR) is 188 cm³/mol. The van der Waals surface area contributed by atoms with E-state index in [1.54, 1.807) is 31.1 Å². The number of amides is 2. The van der Waals surface area contributed by atoms with Crippen LogP contribution in [0.4, 0.5) is 8.78 Å². The van der Waals surface area contributed by atoms with Crippen molar-refractivity contribution in [1.82, 2.24) is 15.5 Å². The molecule has 3 rings (SSSR count). The SMILES string of the molecule is CCCN(CCC)C(=O)c1cc(C(=O)N[C@@H](Cc2cc(F)cc(F)c2)[C@H](O)CNCc2cccc(OC)c2)cc(C(C)=NOCC(C)C)c1. The quantitative estimate of drug-likeness (QED) is 0.104. The van der Waals surface area contributed by atoms with Gasteiger partial charge in [0.25, 0.3) is 11.8 Å². The van der Waals surface area contributed by atoms with Gasteiger partial charge in [0.05, 0.1) is 25.0 Å². The molecule has 0 aliphatic rings. The minimum absolute atomic E-state index is 0.0573. The highest BCUT2D eigenvalue weighted by molar-refractivity contribution is 6.06. The molecule has 0 bridgehead atoms. The third-order valence-corrected chi connectivity index (χ3v) is 7.72. The minimum Gasteiger partial charge on any atom is -0.497 e. The van der Waals surface area contributed by atoms with Crippen LogP contribution in [0.3, 0.4) is 0 Å². The van der Waals surface area contributed by atoms with Gasteiger partial charge in [0.2, 0.25) is 0 Å². The molecule has 0 saturated carbocycles. The maximum Gasteiger partial charge on any atom is 0.253 e. The van der Waals surface area contributed by atoms with Gasteiger partial charge in [-0.25, -0.2) is 8.78 Å². The van der Waals surface area contributed by atoms with Crippen molar-refractivity contribution in [2.75, 3.05) is 33.4 Å². The third kappa shape index (κ3) is 12.6. The van der Waals surface area contributed by atoms with Crippen molar-refractivity contribution in [3.8, 4) is 5.75 Å². The average Bonchev–Trinajstić information content (AvgIpc) is 3.06. The fourth-order valence-corrected chi connectivity index (χ4v) is 5.27. The summed E-state index contributed by atoms with van der Waals surface area (Å²) in [5, 5.41) is 21.6. The van der Waals surface area contributed by atoms with Gasteiger partial charge in [-0.1, -0.05) is 45.0 Å². The summed E-state index contributed by atoms with van der Waals surface area (Å²) in [5.41, 5.74) is 2.67. The number of nitrogens with one attached hydrogen (secondary N) is 2. The lowest BCUT2D eigenvalue weighted by atomic mass is 9.98. The summed E-state index contributed by atoms with van der Waals surface area (Å²) in [5.74, 6) is -1.37. The molecule has 2 amide bonds. The number of aliphatic hydroxyl groups is 1. The van der Waals surface area contributed by atoms with Gasteiger partial charge < -0.3 is 30.2 Å². The van der Waals surface area contributed by atoms with E-state index < -0.39 is 29.7 Å². The van der Waals surface area contributed by atoms with E-state index in [0.29, 0.717) is 48.8 Å². The van der Waals surface area contributed by atoms with E-state index >= 15 is 0 Å². The Morgan fingerprint density at radius 2 is 1.57 bits per heavy atom. The van der Waals surface area contributed by atoms with E-state index in [9.17, 15) is 23.5 Å². The van der Waals surface area contributed by atoms with Gasteiger partial charge in [-0.05, 0) is 85.7 Å². The van der Waals surface area contributed by atoms with Crippen molar-refractivity contribution in [2.24, 2.45) is 11.1 Å². The maximum absolute atomic E-state index is 14.1. The van der Waals surface area contributed by atoms with Crippen molar-refractivity contribution in [3.63, 3.8) is 0 Å². The second kappa shape index (κ2) is 19.6. The number of hydrogen-bond donors (Lipinski definition) is 3. The Balaban J connectivity index is 1.94. The maximum atomic E-state index is 14.1. The highest BCUT2D eigenvalue weighted by Crippen LogP contribution is 2.18. The van der Waals surface area contributed by atoms with Crippen LogP contribution >= 0.6 is 0 Å². The molecule has 0 unspecified atom stereocenters. The number of benzene rings is 3. The molecule has 0 spiro atoms. The van der Waals surface area contributed by atoms with Gasteiger partial charge in [0.1, 0.15) is 24.0 Å². The fraction of sp³-hybridized carbons (Fsp3) is 0.447. The highest BCUT2D eigenvalue weighted by Gasteiger charge is 2.25. The van der Waals surface area contributed by atoms with Gasteiger partial charge >= 0.3 is 0 Å². The van der Waals surface area contributed by atoms with Crippen LogP contribution in [0.15, 0.2) is 65.8 Å². The van der Waals surface area contributed by atoms with E-state index in [4.69, 9.17) is 9.57 Å². The zero-order valence-corrected chi connectivity index (χ0v) is 29.4. The topological polar surface area (TPSA) is 112 Å². The lowest BCUT2D eigenvalue weighted by Crippen LogP contribution is -2.48. The number of ether oxygens (including phenoxy) is 1. The Morgan fingerprint density at radius 1 is 0.918 bits per heavy atom. The summed E-state index contributed by atoms with van der Waals surface area (Å²) in [6.07, 6.45) is 0.337. The molecule has 266 valence electrons. The molecule has 3 aromatic carbocycles. The van der Waals surface area contributed by atoms with Crippen LogP contribution in [0.1, 0.15) is 84.9 Å². The van der Waals surface area contributed by atoms with E-state index in [0.717, 1.165) is 24.5 Å². The Kier molecular flexibility index (Phi) is 15.6. The zero-order valence-electron chi connectivity index (χ0n) is 29.4. The predicted octanol–water partition coefficient (Wildman–Crippen LogP) is 6.12. The second-order valence-corrected chi connectivity index (χ2v) is 12.6. The number of methoxy groups -OCH3 is 1. The third-order valence-electron chi connectivity index (χ3n) is 7.72. The van der Waals surface area contributed by atoms with Crippen molar-refractivity contribution >= 4 is 17.5 Å². The van der Waals surface area contributed by atoms with Crippen LogP contribution in [-0.4, -0.2) is 73.0 Å². The van der Waals surface area contributed by atoms with Crippen LogP contribution < -0.4 is 15.4 Å². The standard InChI is InChI=1S/C38H50F2N4O5/c1-7-12-44(13-8-2)38(47)31-19-29(26(5)43-49-24-25(3)4)18-30(20-31)37(46)42-35(17-28-14-32(39)21-33(40)15-28)36(45)23-41-22-27-10-9-11-34(16-27)48-6/h9-11,14-16,18-21,25,35-36,41,45H,7-8,12-13,17,22-24H2,1-6H3,(H,42,46)/t35-,36+/m0/s1. The lowest BCUT2D eigenvalue weighted by Gasteiger charge is -2.26. The van der Waals surface area contributed by atoms with E-state index in [1.807, 2.05) is 52.0 Å². The first kappa shape index (κ1) is 39.1. The molecule has 0 aromatic heterocycles. The van der Waals surface area contributed by atoms with Crippen LogP contribution in [-0.2, 0) is 17.8 Å². The van der Waals surface area contributed by atoms with Gasteiger partial charge in [-0.2, -0.15) is 0 Å². The molecule has 3 aromatic rings. The Morgan fingerprint density at radius 3 is 2.20 bits per heavy atom. The van der Waals surface area contributed by atoms with Gasteiger partial charge in [-0.15, -0.1) is 0 Å². The Hall–Kier alpha value is -4.35. The normalized spacial score (nSPS) is 12.8. The molecular formula is C38H50F2N4O5. The van der Waals surface area contributed by atoms with Crippen LogP contribution in [0.5, 0.6) is 5.75 Å². The molecule has 0 radical (unpaired) electrons. The van der Waals surface area contributed by atoms with Crippen molar-refractivity contribution in [2.45, 2.75) is 72.6 Å². The monoisotopic (exact) mass is 680 g/mol. The van der Waals surface area contributed by atoms with Gasteiger partial charge in [0, 0.05) is 48.9 Å². The lowest BCUT2D eigenvalue weighted by molar-refractivity contribution is 0.0755. The van der Waals surface area contributed by atoms with E-state index in [-0.39, 0.29) is 35.9 Å². The molecule has 0 aliphatic heterocycles. The van der Waals surface area contributed by atoms with Crippen LogP contribution in [0, 0.1) is 17.6 Å². The summed E-state index contributed by atoms with van der Waals surface area (Å²) >= 11 is 0. The number of hydrogen-bond acceptors (Lipinski definition) is 7. The number of carbonyl (C=O) groups is 2. The van der Waals surface area contributed by atoms with Crippen molar-refractivity contribution < 1.29 is 33.1 Å². The summed E-state index contributed by atoms with van der Waals surface area (Å²) < 4.78 is 33.6. The van der Waals surface area contributed by atoms with Crippen LogP contribution in [0.25, 0.3) is 0 Å². The molecule has 0 aliphatic carbocycles. The summed E-state index contributed by atoms with van der Waals surface area (Å²) in [6, 6.07) is 14.4. The zero-order chi connectivity index (χ0) is 35.9. The van der Waals surface area contributed by atoms with Crippen LogP contribution in [0.2, 0.25) is 0 Å². The first-order chi connectivity index (χ1) is 23.4. The van der Waals surface area contributed by atoms with Crippen molar-refractivity contribution in [1.29, 1.82) is 0 Å². The van der Waals surface area contributed by atoms with E-state index in [2.05, 4.69) is 15.8 Å². The molecule has 0 fully saturated rings. The molecule has 49 heavy (non-hydrogen) atoms. The number of oxime groups is 1. The summed E-state index contributed by atoms with van der Waals surface area (Å²) in [6.45, 7) is 11.7. The number of rotatable bonds is 19. The molecule has 9 nitrogen and oxygen atoms in total. The fourth-order valence-electron chi connectivity index (χ4n) is 5.27. The first-order valence-electron chi connectivity index (χ1n) is 16.8. The molecule has 11 heteroatoms. The molecular weight excluding hydrogens is 630 g/mol. The number of aliphatic hydroxyl groups excluding tert-OH is 1. The smallest absolute Gasteiger partial charge is 0.253 e. The Labute approximate surface area is 288 Å². The van der Waals surface area contributed by atoms with E-state index in [1.165, 1.54) is 18.2 Å². The molecule has 2 atom stereocenters. The molecule has 0 heterocycles. The number of nitrogens with zero attached hydrogens (tertiary/aromatic N) is 2. The van der Waals surface area contributed by atoms with Gasteiger partial charge in [0.15, 0.2) is 0 Å². The number of carbonyl (C=O) groups excluding carboxylic acids is 2. The minimum atomic E-state index is -1.15.